The largest absolute Gasteiger partial charge is 0.369 e. The monoisotopic (exact) mass is 369 g/mol. The zero-order valence-corrected chi connectivity index (χ0v) is 14.8. The first-order valence-corrected chi connectivity index (χ1v) is 8.66. The van der Waals surface area contributed by atoms with Gasteiger partial charge in [0.1, 0.15) is 0 Å². The zero-order valence-electron chi connectivity index (χ0n) is 12.4. The Morgan fingerprint density at radius 1 is 1.43 bits per heavy atom. The van der Waals surface area contributed by atoms with Crippen molar-refractivity contribution in [2.45, 2.75) is 38.6 Å². The predicted molar refractivity (Wildman–Crippen MR) is 93.0 cm³/mol. The number of anilines is 1. The Morgan fingerprint density at radius 2 is 2.19 bits per heavy atom. The van der Waals surface area contributed by atoms with Crippen molar-refractivity contribution in [2.24, 2.45) is 22.6 Å². The van der Waals surface area contributed by atoms with Crippen LogP contribution in [0.5, 0.6) is 0 Å². The van der Waals surface area contributed by atoms with Crippen molar-refractivity contribution < 1.29 is 0 Å². The third-order valence-electron chi connectivity index (χ3n) is 5.09. The van der Waals surface area contributed by atoms with E-state index < -0.39 is 0 Å². The maximum atomic E-state index is 6.23. The van der Waals surface area contributed by atoms with Crippen LogP contribution < -0.4 is 10.6 Å². The molecule has 3 rings (SSSR count). The lowest BCUT2D eigenvalue weighted by molar-refractivity contribution is 0.180. The fourth-order valence-corrected chi connectivity index (χ4v) is 4.34. The van der Waals surface area contributed by atoms with Gasteiger partial charge in [0.15, 0.2) is 5.96 Å². The van der Waals surface area contributed by atoms with Crippen molar-refractivity contribution in [3.8, 4) is 0 Å². The number of guanidine groups is 1. The fourth-order valence-electron chi connectivity index (χ4n) is 3.85. The summed E-state index contributed by atoms with van der Waals surface area (Å²) in [5.74, 6) is 1.98. The summed E-state index contributed by atoms with van der Waals surface area (Å²) >= 11 is 9.63. The Labute approximate surface area is 139 Å². The molecule has 5 heteroatoms. The Balaban J connectivity index is 2.01. The first-order valence-electron chi connectivity index (χ1n) is 7.49. The number of nitrogens with two attached hydrogens (primary N) is 1. The molecule has 114 valence electrons. The minimum absolute atomic E-state index is 0.0316. The molecule has 3 nitrogen and oxygen atoms in total. The average molecular weight is 371 g/mol. The standard InChI is InChI=1S/C16H21BrClN3/c1-10-5-6-16(11(2)7-10)9-20-15(19)21(16)12-3-4-14(18)13(17)8-12/h3-4,8,10-11H,5-7,9H2,1-2H3,(H2,19,20). The van der Waals surface area contributed by atoms with Crippen molar-refractivity contribution in [2.75, 3.05) is 11.4 Å². The lowest BCUT2D eigenvalue weighted by atomic mass is 9.69. The van der Waals surface area contributed by atoms with E-state index in [1.807, 2.05) is 18.2 Å². The number of hydrogen-bond acceptors (Lipinski definition) is 3. The van der Waals surface area contributed by atoms with Crippen LogP contribution in [0.25, 0.3) is 0 Å². The molecule has 1 aliphatic heterocycles. The van der Waals surface area contributed by atoms with Crippen molar-refractivity contribution in [3.05, 3.63) is 27.7 Å². The highest BCUT2D eigenvalue weighted by Crippen LogP contribution is 2.45. The van der Waals surface area contributed by atoms with E-state index in [9.17, 15) is 0 Å². The maximum Gasteiger partial charge on any atom is 0.196 e. The van der Waals surface area contributed by atoms with E-state index in [1.54, 1.807) is 0 Å². The van der Waals surface area contributed by atoms with E-state index in [2.05, 4.69) is 39.7 Å². The molecule has 1 aliphatic carbocycles. The molecule has 1 heterocycles. The lowest BCUT2D eigenvalue weighted by Gasteiger charge is -2.48. The number of nitrogens with zero attached hydrogens (tertiary/aromatic N) is 2. The van der Waals surface area contributed by atoms with E-state index in [0.717, 1.165) is 29.0 Å². The molecule has 1 aromatic carbocycles. The van der Waals surface area contributed by atoms with Crippen LogP contribution in [0.2, 0.25) is 5.02 Å². The molecule has 2 aliphatic rings. The van der Waals surface area contributed by atoms with Gasteiger partial charge in [0.05, 0.1) is 17.1 Å². The van der Waals surface area contributed by atoms with Crippen molar-refractivity contribution >= 4 is 39.2 Å². The highest BCUT2D eigenvalue weighted by atomic mass is 79.9. The van der Waals surface area contributed by atoms with Gasteiger partial charge in [0.2, 0.25) is 0 Å². The molecule has 0 saturated heterocycles. The molecule has 0 bridgehead atoms. The van der Waals surface area contributed by atoms with Crippen LogP contribution in [-0.2, 0) is 0 Å². The molecule has 3 unspecified atom stereocenters. The fraction of sp³-hybridized carbons (Fsp3) is 0.562. The molecule has 0 aromatic heterocycles. The molecule has 0 radical (unpaired) electrons. The highest BCUT2D eigenvalue weighted by molar-refractivity contribution is 9.10. The summed E-state index contributed by atoms with van der Waals surface area (Å²) in [4.78, 5) is 6.81. The third kappa shape index (κ3) is 2.46. The van der Waals surface area contributed by atoms with Crippen molar-refractivity contribution in [1.82, 2.24) is 0 Å². The normalized spacial score (nSPS) is 32.6. The Hall–Kier alpha value is -0.740. The maximum absolute atomic E-state index is 6.23. The molecular formula is C16H21BrClN3. The summed E-state index contributed by atoms with van der Waals surface area (Å²) in [6, 6.07) is 5.99. The second-order valence-corrected chi connectivity index (χ2v) is 7.75. The van der Waals surface area contributed by atoms with E-state index in [-0.39, 0.29) is 5.54 Å². The second-order valence-electron chi connectivity index (χ2n) is 6.49. The van der Waals surface area contributed by atoms with Crippen LogP contribution in [0.4, 0.5) is 5.69 Å². The van der Waals surface area contributed by atoms with Gasteiger partial charge in [-0.2, -0.15) is 0 Å². The number of hydrogen-bond donors (Lipinski definition) is 1. The Kier molecular flexibility index (Phi) is 3.95. The van der Waals surface area contributed by atoms with Gasteiger partial charge in [-0.3, -0.25) is 4.99 Å². The van der Waals surface area contributed by atoms with Gasteiger partial charge in [-0.25, -0.2) is 0 Å². The minimum Gasteiger partial charge on any atom is -0.369 e. The van der Waals surface area contributed by atoms with E-state index in [4.69, 9.17) is 17.3 Å². The number of benzene rings is 1. The number of rotatable bonds is 1. The van der Waals surface area contributed by atoms with Gasteiger partial charge in [0, 0.05) is 10.2 Å². The molecular weight excluding hydrogens is 350 g/mol. The average Bonchev–Trinajstić information content (AvgIpc) is 2.76. The molecule has 3 atom stereocenters. The van der Waals surface area contributed by atoms with Crippen molar-refractivity contribution in [1.29, 1.82) is 0 Å². The highest BCUT2D eigenvalue weighted by Gasteiger charge is 2.49. The van der Waals surface area contributed by atoms with Gasteiger partial charge in [-0.05, 0) is 65.2 Å². The molecule has 21 heavy (non-hydrogen) atoms. The van der Waals surface area contributed by atoms with Crippen LogP contribution in [0.15, 0.2) is 27.7 Å². The van der Waals surface area contributed by atoms with Gasteiger partial charge in [-0.1, -0.05) is 25.4 Å². The van der Waals surface area contributed by atoms with Gasteiger partial charge in [0.25, 0.3) is 0 Å². The van der Waals surface area contributed by atoms with E-state index >= 15 is 0 Å². The smallest absolute Gasteiger partial charge is 0.196 e. The quantitative estimate of drug-likeness (QED) is 0.794. The molecule has 1 aromatic rings. The van der Waals surface area contributed by atoms with Crippen LogP contribution in [-0.4, -0.2) is 18.0 Å². The zero-order chi connectivity index (χ0) is 15.2. The second kappa shape index (κ2) is 5.47. The third-order valence-corrected chi connectivity index (χ3v) is 6.31. The summed E-state index contributed by atoms with van der Waals surface area (Å²) < 4.78 is 0.897. The predicted octanol–water partition coefficient (Wildman–Crippen LogP) is 4.43. The SMILES string of the molecule is CC1CCC2(CN=C(N)N2c2ccc(Cl)c(Br)c2)C(C)C1. The molecule has 1 fully saturated rings. The summed E-state index contributed by atoms with van der Waals surface area (Å²) in [7, 11) is 0. The number of halogens is 2. The Bertz CT molecular complexity index is 589. The molecule has 1 spiro atoms. The van der Waals surface area contributed by atoms with Gasteiger partial charge in [-0.15, -0.1) is 0 Å². The van der Waals surface area contributed by atoms with E-state index in [0.29, 0.717) is 16.9 Å². The summed E-state index contributed by atoms with van der Waals surface area (Å²) in [6.45, 7) is 5.47. The van der Waals surface area contributed by atoms with Crippen LogP contribution in [0, 0.1) is 11.8 Å². The summed E-state index contributed by atoms with van der Waals surface area (Å²) in [6.07, 6.45) is 3.60. The topological polar surface area (TPSA) is 41.6 Å². The van der Waals surface area contributed by atoms with Crippen LogP contribution in [0.1, 0.15) is 33.1 Å². The molecule has 0 amide bonds. The summed E-state index contributed by atoms with van der Waals surface area (Å²) in [5.41, 5.74) is 7.34. The van der Waals surface area contributed by atoms with Gasteiger partial charge < -0.3 is 10.6 Å². The summed E-state index contributed by atoms with van der Waals surface area (Å²) in [5, 5.41) is 0.716. The lowest BCUT2D eigenvalue weighted by Crippen LogP contribution is -2.58. The molecule has 1 saturated carbocycles. The van der Waals surface area contributed by atoms with Crippen LogP contribution in [0.3, 0.4) is 0 Å². The Morgan fingerprint density at radius 3 is 2.86 bits per heavy atom. The number of aliphatic imine (C=N–C) groups is 1. The first kappa shape index (κ1) is 15.2. The van der Waals surface area contributed by atoms with E-state index in [1.165, 1.54) is 12.8 Å². The van der Waals surface area contributed by atoms with Crippen molar-refractivity contribution in [3.63, 3.8) is 0 Å². The first-order chi connectivity index (χ1) is 9.94. The van der Waals surface area contributed by atoms with Crippen LogP contribution >= 0.6 is 27.5 Å². The molecule has 2 N–H and O–H groups in total. The van der Waals surface area contributed by atoms with Gasteiger partial charge >= 0.3 is 0 Å². The minimum atomic E-state index is 0.0316.